The number of aldehydes is 1. The molecule has 0 radical (unpaired) electrons. The minimum absolute atomic E-state index is 0.00500. The molecule has 0 spiro atoms. The van der Waals surface area contributed by atoms with Gasteiger partial charge in [-0.2, -0.15) is 0 Å². The number of amides is 1. The van der Waals surface area contributed by atoms with Crippen molar-refractivity contribution in [1.29, 1.82) is 0 Å². The van der Waals surface area contributed by atoms with Crippen molar-refractivity contribution >= 4 is 40.9 Å². The smallest absolute Gasteiger partial charge is 0.240 e. The second-order valence-electron chi connectivity index (χ2n) is 6.18. The number of carbonyl (C=O) groups is 2. The van der Waals surface area contributed by atoms with Gasteiger partial charge in [0.05, 0.1) is 13.1 Å². The molecular weight excluding hydrogens is 442 g/mol. The minimum Gasteiger partial charge on any atom is -0.400 e. The van der Waals surface area contributed by atoms with E-state index in [0.717, 1.165) is 31.4 Å². The fraction of sp³-hybridized carbons (Fsp3) is 0.375. The lowest BCUT2D eigenvalue weighted by atomic mass is 9.97. The van der Waals surface area contributed by atoms with Crippen LogP contribution in [0, 0.1) is 0 Å². The average molecular weight is 480 g/mol. The molecule has 1 aliphatic rings. The highest BCUT2D eigenvalue weighted by Crippen LogP contribution is 2.28. The lowest BCUT2D eigenvalue weighted by Gasteiger charge is -2.10. The van der Waals surface area contributed by atoms with E-state index in [1.54, 1.807) is 0 Å². The predicted octanol–water partition coefficient (Wildman–Crippen LogP) is 3.12. The molecule has 184 valence electrons. The van der Waals surface area contributed by atoms with Crippen molar-refractivity contribution in [3.63, 3.8) is 0 Å². The van der Waals surface area contributed by atoms with Gasteiger partial charge in [-0.15, -0.1) is 5.10 Å². The van der Waals surface area contributed by atoms with Gasteiger partial charge in [-0.1, -0.05) is 69.3 Å². The summed E-state index contributed by atoms with van der Waals surface area (Å²) in [7, 11) is 1.00. The van der Waals surface area contributed by atoms with Crippen LogP contribution in [0.3, 0.4) is 0 Å². The normalized spacial score (nSPS) is 12.1. The number of rotatable bonds is 7. The number of nitrogens with two attached hydrogens (primary N) is 2. The molecule has 33 heavy (non-hydrogen) atoms. The molecule has 1 aliphatic carbocycles. The molecule has 7 N–H and O–H groups in total. The fourth-order valence-electron chi connectivity index (χ4n) is 2.43. The molecule has 1 amide bonds. The molecule has 0 atom stereocenters. The van der Waals surface area contributed by atoms with E-state index in [9.17, 15) is 9.59 Å². The Morgan fingerprint density at radius 1 is 1.27 bits per heavy atom. The topological polar surface area (TPSA) is 143 Å². The second-order valence-corrected chi connectivity index (χ2v) is 6.67. The molecule has 0 unspecified atom stereocenters. The van der Waals surface area contributed by atoms with Crippen molar-refractivity contribution < 1.29 is 14.7 Å². The first kappa shape index (κ1) is 32.2. The van der Waals surface area contributed by atoms with Gasteiger partial charge < -0.3 is 26.8 Å². The van der Waals surface area contributed by atoms with Gasteiger partial charge in [0.1, 0.15) is 6.29 Å². The van der Waals surface area contributed by atoms with Crippen LogP contribution in [0.4, 0.5) is 0 Å². The molecule has 9 heteroatoms. The molecular formula is C24H38ClN5O3. The molecule has 0 bridgehead atoms. The zero-order valence-corrected chi connectivity index (χ0v) is 20.8. The Morgan fingerprint density at radius 2 is 1.88 bits per heavy atom. The summed E-state index contributed by atoms with van der Waals surface area (Å²) in [5, 5.41) is 15.7. The zero-order valence-electron chi connectivity index (χ0n) is 20.0. The molecule has 1 aromatic carbocycles. The van der Waals surface area contributed by atoms with Crippen LogP contribution >= 0.6 is 11.6 Å². The lowest BCUT2D eigenvalue weighted by molar-refractivity contribution is -0.118. The molecule has 0 saturated carbocycles. The van der Waals surface area contributed by atoms with Crippen LogP contribution in [0.2, 0.25) is 0 Å². The van der Waals surface area contributed by atoms with Crippen LogP contribution in [0.5, 0.6) is 0 Å². The number of halogens is 1. The van der Waals surface area contributed by atoms with Gasteiger partial charge in [-0.25, -0.2) is 0 Å². The quantitative estimate of drug-likeness (QED) is 0.101. The van der Waals surface area contributed by atoms with Gasteiger partial charge in [-0.3, -0.25) is 10.1 Å². The van der Waals surface area contributed by atoms with E-state index in [-0.39, 0.29) is 19.0 Å². The Morgan fingerprint density at radius 3 is 2.36 bits per heavy atom. The number of allylic oxidation sites excluding steroid dienone is 5. The van der Waals surface area contributed by atoms with Gasteiger partial charge >= 0.3 is 0 Å². The molecule has 0 saturated heterocycles. The monoisotopic (exact) mass is 479 g/mol. The highest BCUT2D eigenvalue weighted by atomic mass is 35.5. The van der Waals surface area contributed by atoms with E-state index in [0.29, 0.717) is 6.29 Å². The van der Waals surface area contributed by atoms with Crippen LogP contribution in [0.1, 0.15) is 51.2 Å². The number of nitrogens with zero attached hydrogens (tertiary/aromatic N) is 1. The van der Waals surface area contributed by atoms with E-state index in [4.69, 9.17) is 28.3 Å². The van der Waals surface area contributed by atoms with Crippen molar-refractivity contribution in [2.45, 2.75) is 40.0 Å². The van der Waals surface area contributed by atoms with E-state index >= 15 is 0 Å². The van der Waals surface area contributed by atoms with E-state index in [2.05, 4.69) is 65.7 Å². The van der Waals surface area contributed by atoms with Crippen LogP contribution in [-0.2, 0) is 9.59 Å². The molecule has 8 nitrogen and oxygen atoms in total. The number of nitrogens with one attached hydrogen (secondary N) is 2. The second kappa shape index (κ2) is 20.9. The number of aliphatic hydroxyl groups excluding tert-OH is 1. The molecule has 0 aromatic heterocycles. The number of carbonyl (C=O) groups excluding carboxylic acids is 2. The standard InChI is InChI=1S/C16H17Cl.C5H11N5O2.C2H6.CH4O/c1-3-12(2)13-7-9-14(10-8-13)15-5-4-6-16(17)11-15;6-5(10-7)9-4(12)3-8-1-2-11;2*1-2/h5,7-11H,2-4,6H2,1H3;2,8H,1,3,7H2,(H3,6,9,10,12);1-2H3;2H,1H3. The molecule has 1 aromatic rings. The average Bonchev–Trinajstić information content (AvgIpc) is 2.86. The highest BCUT2D eigenvalue weighted by molar-refractivity contribution is 6.30. The van der Waals surface area contributed by atoms with Gasteiger partial charge in [0.2, 0.25) is 11.9 Å². The number of benzene rings is 1. The first-order valence-corrected chi connectivity index (χ1v) is 11.1. The summed E-state index contributed by atoms with van der Waals surface area (Å²) in [6.45, 7) is 10.3. The number of hydrazone groups is 1. The number of hydrogen-bond donors (Lipinski definition) is 5. The summed E-state index contributed by atoms with van der Waals surface area (Å²) in [4.78, 5) is 20.6. The molecule has 0 aliphatic heterocycles. The maximum Gasteiger partial charge on any atom is 0.240 e. The number of aliphatic hydroxyl groups is 1. The summed E-state index contributed by atoms with van der Waals surface area (Å²) in [6, 6.07) is 8.57. The number of guanidine groups is 1. The molecule has 2 rings (SSSR count). The van der Waals surface area contributed by atoms with Crippen LogP contribution < -0.4 is 22.2 Å². The van der Waals surface area contributed by atoms with Gasteiger partial charge in [0.15, 0.2) is 0 Å². The summed E-state index contributed by atoms with van der Waals surface area (Å²) in [6.07, 6.45) is 7.95. The van der Waals surface area contributed by atoms with Crippen LogP contribution in [0.15, 0.2) is 53.1 Å². The summed E-state index contributed by atoms with van der Waals surface area (Å²) in [5.41, 5.74) is 9.95. The SMILES string of the molecule is C=C(CC)c1ccc(C2=CCCC(Cl)=C2)cc1.CC.CO.N/N=C(\N)NC(=O)CNCC=O. The van der Waals surface area contributed by atoms with Gasteiger partial charge in [0.25, 0.3) is 0 Å². The first-order chi connectivity index (χ1) is 15.9. The van der Waals surface area contributed by atoms with E-state index in [1.165, 1.54) is 22.3 Å². The number of hydrogen-bond acceptors (Lipinski definition) is 6. The van der Waals surface area contributed by atoms with Crippen LogP contribution in [0.25, 0.3) is 11.1 Å². The highest BCUT2D eigenvalue weighted by Gasteiger charge is 2.06. The fourth-order valence-corrected chi connectivity index (χ4v) is 2.66. The Bertz CT molecular complexity index is 803. The van der Waals surface area contributed by atoms with Crippen molar-refractivity contribution in [2.75, 3.05) is 20.2 Å². The Balaban J connectivity index is 0. The third kappa shape index (κ3) is 14.7. The lowest BCUT2D eigenvalue weighted by Crippen LogP contribution is -2.42. The van der Waals surface area contributed by atoms with Gasteiger partial charge in [-0.05, 0) is 47.6 Å². The van der Waals surface area contributed by atoms with Crippen molar-refractivity contribution in [3.05, 3.63) is 59.2 Å². The summed E-state index contributed by atoms with van der Waals surface area (Å²) >= 11 is 6.07. The Kier molecular flexibility index (Phi) is 20.5. The van der Waals surface area contributed by atoms with Gasteiger partial charge in [0, 0.05) is 12.1 Å². The molecule has 0 fully saturated rings. The van der Waals surface area contributed by atoms with Crippen LogP contribution in [-0.4, -0.2) is 43.5 Å². The zero-order chi connectivity index (χ0) is 25.6. The summed E-state index contributed by atoms with van der Waals surface area (Å²) in [5.74, 6) is 4.19. The van der Waals surface area contributed by atoms with E-state index < -0.39 is 5.91 Å². The Hall–Kier alpha value is -2.94. The minimum atomic E-state index is -0.399. The first-order valence-electron chi connectivity index (χ1n) is 10.7. The third-order valence-corrected chi connectivity index (χ3v) is 4.33. The van der Waals surface area contributed by atoms with Crippen molar-refractivity contribution in [1.82, 2.24) is 10.6 Å². The van der Waals surface area contributed by atoms with Crippen molar-refractivity contribution in [3.8, 4) is 0 Å². The largest absolute Gasteiger partial charge is 0.400 e. The molecule has 0 heterocycles. The third-order valence-electron chi connectivity index (χ3n) is 4.03. The summed E-state index contributed by atoms with van der Waals surface area (Å²) < 4.78 is 0. The van der Waals surface area contributed by atoms with Crippen molar-refractivity contribution in [2.24, 2.45) is 16.7 Å². The predicted molar refractivity (Wildman–Crippen MR) is 139 cm³/mol. The van der Waals surface area contributed by atoms with E-state index in [1.807, 2.05) is 13.8 Å². The Labute approximate surface area is 202 Å². The maximum atomic E-state index is 10.8. The maximum absolute atomic E-state index is 10.8.